The zero-order chi connectivity index (χ0) is 25.0. The van der Waals surface area contributed by atoms with Crippen molar-refractivity contribution in [3.63, 3.8) is 0 Å². The molecule has 0 saturated carbocycles. The lowest BCUT2D eigenvalue weighted by molar-refractivity contribution is -0.145. The predicted octanol–water partition coefficient (Wildman–Crippen LogP) is 5.27. The van der Waals surface area contributed by atoms with Crippen molar-refractivity contribution in [3.8, 4) is 0 Å². The molecule has 2 aromatic rings. The van der Waals surface area contributed by atoms with Gasteiger partial charge < -0.3 is 5.73 Å². The van der Waals surface area contributed by atoms with Crippen LogP contribution in [0.25, 0.3) is 0 Å². The lowest BCUT2D eigenvalue weighted by atomic mass is 9.82. The van der Waals surface area contributed by atoms with Gasteiger partial charge in [0, 0.05) is 25.2 Å². The molecule has 0 radical (unpaired) electrons. The van der Waals surface area contributed by atoms with Crippen LogP contribution in [0.3, 0.4) is 0 Å². The van der Waals surface area contributed by atoms with Gasteiger partial charge in [-0.1, -0.05) is 99.0 Å². The molecule has 2 aliphatic rings. The van der Waals surface area contributed by atoms with E-state index in [0.717, 1.165) is 12.1 Å². The number of allylic oxidation sites excluding steroid dienone is 2. The fourth-order valence-corrected chi connectivity index (χ4v) is 4.46. The van der Waals surface area contributed by atoms with E-state index in [1.54, 1.807) is 0 Å². The summed E-state index contributed by atoms with van der Waals surface area (Å²) in [5.74, 6) is -0.264. The number of primary amides is 1. The molecule has 34 heavy (non-hydrogen) atoms. The minimum absolute atomic E-state index is 0.0928. The monoisotopic (exact) mass is 455 g/mol. The third-order valence-electron chi connectivity index (χ3n) is 6.04. The Morgan fingerprint density at radius 1 is 1.06 bits per heavy atom. The highest BCUT2D eigenvalue weighted by atomic mass is 16.2. The van der Waals surface area contributed by atoms with Crippen LogP contribution in [0.5, 0.6) is 0 Å². The number of nitrogens with zero attached hydrogens (tertiary/aromatic N) is 2. The minimum Gasteiger partial charge on any atom is -0.368 e. The maximum atomic E-state index is 12.7. The predicted molar refractivity (Wildman–Crippen MR) is 142 cm³/mol. The summed E-state index contributed by atoms with van der Waals surface area (Å²) in [6.45, 7) is 14.6. The molecule has 4 nitrogen and oxygen atoms in total. The summed E-state index contributed by atoms with van der Waals surface area (Å²) in [5, 5.41) is 0. The summed E-state index contributed by atoms with van der Waals surface area (Å²) in [6.07, 6.45) is 5.80. The van der Waals surface area contributed by atoms with E-state index >= 15 is 0 Å². The Labute approximate surface area is 205 Å². The average Bonchev–Trinajstić information content (AvgIpc) is 2.88. The molecule has 0 aromatic heterocycles. The van der Waals surface area contributed by atoms with Gasteiger partial charge in [0.05, 0.1) is 6.04 Å². The SMILES string of the molecule is C=C.CC.CCN(CC1=C=C=CC=C1)C1(C(N)=O)CN(C(c2ccccc2)c2ccccc2)C1. The summed E-state index contributed by atoms with van der Waals surface area (Å²) >= 11 is 0. The molecule has 4 rings (SSSR count). The molecule has 0 unspecified atom stereocenters. The average molecular weight is 456 g/mol. The number of hydrogen-bond acceptors (Lipinski definition) is 3. The molecule has 2 aromatic carbocycles. The molecule has 1 aliphatic carbocycles. The molecule has 1 aliphatic heterocycles. The van der Waals surface area contributed by atoms with Gasteiger partial charge >= 0.3 is 0 Å². The second-order valence-electron chi connectivity index (χ2n) is 7.86. The van der Waals surface area contributed by atoms with Gasteiger partial charge in [-0.15, -0.1) is 13.2 Å². The van der Waals surface area contributed by atoms with Gasteiger partial charge in [-0.05, 0) is 29.8 Å². The normalized spacial score (nSPS) is 15.5. The topological polar surface area (TPSA) is 49.6 Å². The van der Waals surface area contributed by atoms with Crippen molar-refractivity contribution in [2.45, 2.75) is 32.4 Å². The smallest absolute Gasteiger partial charge is 0.240 e. The highest BCUT2D eigenvalue weighted by Crippen LogP contribution is 2.38. The Morgan fingerprint density at radius 3 is 2.00 bits per heavy atom. The Balaban J connectivity index is 0.000000970. The van der Waals surface area contributed by atoms with Crippen LogP contribution in [-0.4, -0.2) is 47.4 Å². The molecular weight excluding hydrogens is 418 g/mol. The van der Waals surface area contributed by atoms with Crippen LogP contribution in [0, 0.1) is 0 Å². The lowest BCUT2D eigenvalue weighted by Crippen LogP contribution is -2.76. The first-order valence-corrected chi connectivity index (χ1v) is 11.9. The molecule has 4 heteroatoms. The van der Waals surface area contributed by atoms with Crippen LogP contribution in [0.15, 0.2) is 109 Å². The number of amides is 1. The van der Waals surface area contributed by atoms with Gasteiger partial charge in [0.2, 0.25) is 5.91 Å². The van der Waals surface area contributed by atoms with E-state index in [2.05, 4.69) is 89.9 Å². The molecule has 178 valence electrons. The molecule has 0 bridgehead atoms. The number of hydrogen-bond donors (Lipinski definition) is 1. The molecule has 2 N–H and O–H groups in total. The number of likely N-dealkylation sites (N-methyl/N-ethyl adjacent to an activating group) is 1. The number of rotatable bonds is 8. The molecular formula is C30H37N3O. The Morgan fingerprint density at radius 2 is 1.59 bits per heavy atom. The van der Waals surface area contributed by atoms with Gasteiger partial charge in [0.25, 0.3) is 0 Å². The van der Waals surface area contributed by atoms with Crippen LogP contribution in [-0.2, 0) is 4.79 Å². The second kappa shape index (κ2) is 13.3. The fourth-order valence-electron chi connectivity index (χ4n) is 4.46. The van der Waals surface area contributed by atoms with Crippen molar-refractivity contribution in [3.05, 3.63) is 120 Å². The number of likely N-dealkylation sites (tertiary alicyclic amines) is 1. The first kappa shape index (κ1) is 26.9. The third-order valence-corrected chi connectivity index (χ3v) is 6.04. The van der Waals surface area contributed by atoms with E-state index in [9.17, 15) is 4.79 Å². The van der Waals surface area contributed by atoms with Crippen molar-refractivity contribution in [2.24, 2.45) is 5.73 Å². The Bertz CT molecular complexity index is 999. The Hall–Kier alpha value is -3.39. The van der Waals surface area contributed by atoms with Crippen LogP contribution in [0.4, 0.5) is 0 Å². The quantitative estimate of drug-likeness (QED) is 0.436. The highest BCUT2D eigenvalue weighted by molar-refractivity contribution is 5.86. The van der Waals surface area contributed by atoms with Gasteiger partial charge in [-0.25, -0.2) is 0 Å². The molecule has 1 heterocycles. The standard InChI is InChI=1S/C26H27N3O.C2H6.C2H4/c1-2-29(18-21-12-6-3-7-13-21)26(25(27)30)19-28(20-26)24(22-14-8-4-9-15-22)23-16-10-5-11-17-23;2*1-2/h3-6,8-12,14-17,24H,2,18-20H2,1H3,(H2,27,30);1-2H3;1-2H2. The van der Waals surface area contributed by atoms with Crippen LogP contribution >= 0.6 is 0 Å². The summed E-state index contributed by atoms with van der Waals surface area (Å²) in [7, 11) is 0. The zero-order valence-corrected chi connectivity index (χ0v) is 20.7. The Kier molecular flexibility index (Phi) is 10.5. The van der Waals surface area contributed by atoms with Gasteiger partial charge in [0.1, 0.15) is 5.54 Å². The van der Waals surface area contributed by atoms with E-state index in [-0.39, 0.29) is 11.9 Å². The maximum absolute atomic E-state index is 12.7. The third kappa shape index (κ3) is 5.94. The minimum atomic E-state index is -0.680. The van der Waals surface area contributed by atoms with Gasteiger partial charge in [0.15, 0.2) is 0 Å². The van der Waals surface area contributed by atoms with Gasteiger partial charge in [-0.3, -0.25) is 14.6 Å². The number of nitrogens with two attached hydrogens (primary N) is 1. The van der Waals surface area contributed by atoms with Gasteiger partial charge in [-0.2, -0.15) is 0 Å². The first-order valence-electron chi connectivity index (χ1n) is 11.9. The first-order chi connectivity index (χ1) is 16.6. The zero-order valence-electron chi connectivity index (χ0n) is 20.7. The highest BCUT2D eigenvalue weighted by Gasteiger charge is 2.54. The summed E-state index contributed by atoms with van der Waals surface area (Å²) in [6, 6.07) is 21.0. The largest absolute Gasteiger partial charge is 0.368 e. The molecule has 0 atom stereocenters. The van der Waals surface area contributed by atoms with Crippen molar-refractivity contribution in [1.29, 1.82) is 0 Å². The van der Waals surface area contributed by atoms with E-state index in [1.165, 1.54) is 11.1 Å². The van der Waals surface area contributed by atoms with Crippen molar-refractivity contribution in [2.75, 3.05) is 26.2 Å². The van der Waals surface area contributed by atoms with E-state index in [4.69, 9.17) is 5.73 Å². The van der Waals surface area contributed by atoms with Crippen LogP contribution in [0.1, 0.15) is 37.9 Å². The van der Waals surface area contributed by atoms with Crippen molar-refractivity contribution >= 4 is 5.91 Å². The summed E-state index contributed by atoms with van der Waals surface area (Å²) < 4.78 is 0. The van der Waals surface area contributed by atoms with Crippen LogP contribution < -0.4 is 5.73 Å². The molecule has 1 fully saturated rings. The van der Waals surface area contributed by atoms with Crippen molar-refractivity contribution in [1.82, 2.24) is 9.80 Å². The fraction of sp³-hybridized carbons (Fsp3) is 0.300. The van der Waals surface area contributed by atoms with E-state index in [1.807, 2.05) is 44.2 Å². The maximum Gasteiger partial charge on any atom is 0.240 e. The number of carbonyl (C=O) groups is 1. The number of benzene rings is 2. The summed E-state index contributed by atoms with van der Waals surface area (Å²) in [5.41, 5.74) is 14.9. The van der Waals surface area contributed by atoms with Crippen molar-refractivity contribution < 1.29 is 4.79 Å². The molecule has 0 spiro atoms. The molecule has 1 saturated heterocycles. The van der Waals surface area contributed by atoms with E-state index in [0.29, 0.717) is 19.6 Å². The number of carbonyl (C=O) groups excluding carboxylic acids is 1. The van der Waals surface area contributed by atoms with Crippen LogP contribution in [0.2, 0.25) is 0 Å². The lowest BCUT2D eigenvalue weighted by Gasteiger charge is -2.56. The van der Waals surface area contributed by atoms with E-state index < -0.39 is 5.54 Å². The second-order valence-corrected chi connectivity index (χ2v) is 7.86. The summed E-state index contributed by atoms with van der Waals surface area (Å²) in [4.78, 5) is 17.2. The molecule has 1 amide bonds.